The number of para-hydroxylation sites is 1. The molecule has 0 N–H and O–H groups in total. The Morgan fingerprint density at radius 3 is 2.70 bits per heavy atom. The van der Waals surface area contributed by atoms with Crippen LogP contribution in [-0.4, -0.2) is 15.0 Å². The second-order valence-corrected chi connectivity index (χ2v) is 6.87. The molecule has 0 atom stereocenters. The van der Waals surface area contributed by atoms with E-state index in [0.717, 1.165) is 23.2 Å². The van der Waals surface area contributed by atoms with E-state index in [1.54, 1.807) is 18.2 Å². The molecule has 0 spiro atoms. The van der Waals surface area contributed by atoms with E-state index in [1.807, 2.05) is 30.3 Å². The van der Waals surface area contributed by atoms with Crippen molar-refractivity contribution in [3.8, 4) is 0 Å². The number of rotatable bonds is 3. The maximum Gasteiger partial charge on any atom is 0.264 e. The van der Waals surface area contributed by atoms with E-state index in [4.69, 9.17) is 11.6 Å². The number of halogens is 1. The Bertz CT molecular complexity index is 743. The van der Waals surface area contributed by atoms with Crippen LogP contribution in [0.4, 0.5) is 5.69 Å². The van der Waals surface area contributed by atoms with E-state index in [2.05, 4.69) is 0 Å². The van der Waals surface area contributed by atoms with Gasteiger partial charge in [-0.05, 0) is 35.7 Å². The number of nitrogens with zero attached hydrogens (tertiary/aromatic N) is 1. The molecule has 2 aromatic carbocycles. The highest BCUT2D eigenvalue weighted by molar-refractivity contribution is 7.92. The summed E-state index contributed by atoms with van der Waals surface area (Å²) in [5.41, 5.74) is 2.66. The summed E-state index contributed by atoms with van der Waals surface area (Å²) < 4.78 is 27.0. The third kappa shape index (κ3) is 2.19. The molecule has 0 aliphatic carbocycles. The number of fused-ring (bicyclic) bond motifs is 1. The largest absolute Gasteiger partial charge is 0.266 e. The SMILES string of the molecule is O=S(=O)(c1cccc(CCl)c1)N1CCc2ccccc21. The summed E-state index contributed by atoms with van der Waals surface area (Å²) in [4.78, 5) is 0.298. The Hall–Kier alpha value is -1.52. The molecule has 3 nitrogen and oxygen atoms in total. The molecule has 0 amide bonds. The minimum Gasteiger partial charge on any atom is -0.266 e. The number of alkyl halides is 1. The summed E-state index contributed by atoms with van der Waals surface area (Å²) >= 11 is 5.78. The lowest BCUT2D eigenvalue weighted by Crippen LogP contribution is -2.29. The first-order valence-electron chi connectivity index (χ1n) is 6.38. The summed E-state index contributed by atoms with van der Waals surface area (Å²) in [6.07, 6.45) is 0.755. The predicted molar refractivity (Wildman–Crippen MR) is 80.7 cm³/mol. The van der Waals surface area contributed by atoms with Crippen LogP contribution >= 0.6 is 11.6 Å². The Kier molecular flexibility index (Phi) is 3.44. The molecular weight excluding hydrogens is 294 g/mol. The summed E-state index contributed by atoms with van der Waals surface area (Å²) in [5, 5.41) is 0. The fourth-order valence-corrected chi connectivity index (χ4v) is 4.21. The second kappa shape index (κ2) is 5.11. The van der Waals surface area contributed by atoms with Gasteiger partial charge < -0.3 is 0 Å². The van der Waals surface area contributed by atoms with E-state index in [-0.39, 0.29) is 0 Å². The van der Waals surface area contributed by atoms with Crippen LogP contribution in [0.2, 0.25) is 0 Å². The van der Waals surface area contributed by atoms with Crippen LogP contribution in [0.5, 0.6) is 0 Å². The molecule has 0 saturated carbocycles. The number of hydrogen-bond donors (Lipinski definition) is 0. The van der Waals surface area contributed by atoms with E-state index in [9.17, 15) is 8.42 Å². The van der Waals surface area contributed by atoms with Gasteiger partial charge in [-0.15, -0.1) is 11.6 Å². The standard InChI is InChI=1S/C15H14ClNO2S/c16-11-12-4-3-6-14(10-12)20(18,19)17-9-8-13-5-1-2-7-15(13)17/h1-7,10H,8-9,11H2. The zero-order chi connectivity index (χ0) is 14.2. The fraction of sp³-hybridized carbons (Fsp3) is 0.200. The van der Waals surface area contributed by atoms with Gasteiger partial charge in [-0.2, -0.15) is 0 Å². The lowest BCUT2D eigenvalue weighted by molar-refractivity contribution is 0.592. The molecule has 0 bridgehead atoms. The molecule has 0 unspecified atom stereocenters. The quantitative estimate of drug-likeness (QED) is 0.817. The van der Waals surface area contributed by atoms with E-state index < -0.39 is 10.0 Å². The van der Waals surface area contributed by atoms with Crippen LogP contribution in [0.3, 0.4) is 0 Å². The Morgan fingerprint density at radius 1 is 1.10 bits per heavy atom. The van der Waals surface area contributed by atoms with Crippen LogP contribution < -0.4 is 4.31 Å². The zero-order valence-electron chi connectivity index (χ0n) is 10.8. The number of benzene rings is 2. The summed E-state index contributed by atoms with van der Waals surface area (Å²) in [7, 11) is -3.51. The predicted octanol–water partition coefficient (Wildman–Crippen LogP) is 3.18. The lowest BCUT2D eigenvalue weighted by Gasteiger charge is -2.19. The zero-order valence-corrected chi connectivity index (χ0v) is 12.4. The Balaban J connectivity index is 2.05. The van der Waals surface area contributed by atoms with E-state index in [1.165, 1.54) is 4.31 Å². The molecule has 20 heavy (non-hydrogen) atoms. The first-order valence-corrected chi connectivity index (χ1v) is 8.36. The number of anilines is 1. The summed E-state index contributed by atoms with van der Waals surface area (Å²) in [6.45, 7) is 0.493. The molecule has 0 radical (unpaired) electrons. The monoisotopic (exact) mass is 307 g/mol. The first kappa shape index (κ1) is 13.5. The first-order chi connectivity index (χ1) is 9.63. The average molecular weight is 308 g/mol. The van der Waals surface area contributed by atoms with Gasteiger partial charge >= 0.3 is 0 Å². The van der Waals surface area contributed by atoms with Crippen molar-refractivity contribution in [1.82, 2.24) is 0 Å². The van der Waals surface area contributed by atoms with Gasteiger partial charge in [-0.3, -0.25) is 4.31 Å². The van der Waals surface area contributed by atoms with Crippen molar-refractivity contribution in [2.75, 3.05) is 10.8 Å². The molecule has 1 aliphatic rings. The normalized spacial score (nSPS) is 14.3. The molecule has 0 saturated heterocycles. The Morgan fingerprint density at radius 2 is 1.90 bits per heavy atom. The maximum absolute atomic E-state index is 12.7. The van der Waals surface area contributed by atoms with Gasteiger partial charge in [0, 0.05) is 12.4 Å². The third-order valence-corrected chi connectivity index (χ3v) is 5.60. The topological polar surface area (TPSA) is 37.4 Å². The molecule has 1 heterocycles. The van der Waals surface area contributed by atoms with E-state index in [0.29, 0.717) is 17.3 Å². The van der Waals surface area contributed by atoms with Gasteiger partial charge in [-0.25, -0.2) is 8.42 Å². The fourth-order valence-electron chi connectivity index (χ4n) is 2.47. The van der Waals surface area contributed by atoms with Gasteiger partial charge in [0.15, 0.2) is 0 Å². The van der Waals surface area contributed by atoms with Crippen molar-refractivity contribution < 1.29 is 8.42 Å². The molecule has 104 valence electrons. The van der Waals surface area contributed by atoms with Gasteiger partial charge in [0.25, 0.3) is 10.0 Å². The van der Waals surface area contributed by atoms with Crippen molar-refractivity contribution in [1.29, 1.82) is 0 Å². The van der Waals surface area contributed by atoms with Crippen LogP contribution in [0.25, 0.3) is 0 Å². The maximum atomic E-state index is 12.7. The van der Waals surface area contributed by atoms with Crippen LogP contribution in [0.1, 0.15) is 11.1 Å². The Labute approximate surface area is 123 Å². The minimum absolute atomic E-state index is 0.298. The molecule has 1 aliphatic heterocycles. The number of hydrogen-bond acceptors (Lipinski definition) is 2. The van der Waals surface area contributed by atoms with Gasteiger partial charge in [0.05, 0.1) is 10.6 Å². The van der Waals surface area contributed by atoms with Crippen molar-refractivity contribution in [3.63, 3.8) is 0 Å². The van der Waals surface area contributed by atoms with Crippen LogP contribution in [-0.2, 0) is 22.3 Å². The summed E-state index contributed by atoms with van der Waals surface area (Å²) in [6, 6.07) is 14.4. The molecule has 5 heteroatoms. The minimum atomic E-state index is -3.51. The van der Waals surface area contributed by atoms with Crippen LogP contribution in [0, 0.1) is 0 Å². The van der Waals surface area contributed by atoms with Crippen molar-refractivity contribution in [2.45, 2.75) is 17.2 Å². The average Bonchev–Trinajstić information content (AvgIpc) is 2.92. The molecule has 2 aromatic rings. The van der Waals surface area contributed by atoms with Crippen LogP contribution in [0.15, 0.2) is 53.4 Å². The third-order valence-electron chi connectivity index (χ3n) is 3.49. The van der Waals surface area contributed by atoms with Crippen molar-refractivity contribution in [3.05, 3.63) is 59.7 Å². The second-order valence-electron chi connectivity index (χ2n) is 4.74. The van der Waals surface area contributed by atoms with E-state index >= 15 is 0 Å². The molecular formula is C15H14ClNO2S. The highest BCUT2D eigenvalue weighted by Crippen LogP contribution is 2.32. The highest BCUT2D eigenvalue weighted by atomic mass is 35.5. The lowest BCUT2D eigenvalue weighted by atomic mass is 10.2. The van der Waals surface area contributed by atoms with Gasteiger partial charge in [0.2, 0.25) is 0 Å². The number of sulfonamides is 1. The highest BCUT2D eigenvalue weighted by Gasteiger charge is 2.30. The molecule has 3 rings (SSSR count). The van der Waals surface area contributed by atoms with Gasteiger partial charge in [-0.1, -0.05) is 30.3 Å². The smallest absolute Gasteiger partial charge is 0.264 e. The van der Waals surface area contributed by atoms with Crippen molar-refractivity contribution in [2.24, 2.45) is 0 Å². The molecule has 0 aromatic heterocycles. The molecule has 0 fully saturated rings. The summed E-state index contributed by atoms with van der Waals surface area (Å²) in [5.74, 6) is 0.306. The van der Waals surface area contributed by atoms with Crippen molar-refractivity contribution >= 4 is 27.3 Å². The van der Waals surface area contributed by atoms with Gasteiger partial charge in [0.1, 0.15) is 0 Å².